The van der Waals surface area contributed by atoms with E-state index in [9.17, 15) is 24.3 Å². The highest BCUT2D eigenvalue weighted by Crippen LogP contribution is 2.23. The molecule has 0 fully saturated rings. The predicted octanol–water partition coefficient (Wildman–Crippen LogP) is 1.53. The standard InChI is InChI=1S/C22H42N4O6/c1-10-14(6)19(15(32-9)11-16(23)27)25(7)21(29)17(12(2)3)24-20(28)18(13(4)5)26(8)22(30)31/h12-15,17-19H,10-11H2,1-9H3,(H2,23,27)(H,24,28)(H,30,31)/t14-,15+,17+,18-,19-/m0/s1. The van der Waals surface area contributed by atoms with Crippen molar-refractivity contribution in [2.24, 2.45) is 23.5 Å². The summed E-state index contributed by atoms with van der Waals surface area (Å²) in [6, 6.07) is -2.27. The van der Waals surface area contributed by atoms with E-state index < -0.39 is 42.1 Å². The van der Waals surface area contributed by atoms with Crippen LogP contribution in [0.2, 0.25) is 0 Å². The second-order valence-electron chi connectivity index (χ2n) is 9.08. The molecule has 10 nitrogen and oxygen atoms in total. The molecule has 0 aliphatic rings. The Kier molecular flexibility index (Phi) is 12.3. The summed E-state index contributed by atoms with van der Waals surface area (Å²) in [7, 11) is 4.42. The van der Waals surface area contributed by atoms with Crippen molar-refractivity contribution in [2.75, 3.05) is 21.2 Å². The molecule has 4 N–H and O–H groups in total. The highest BCUT2D eigenvalue weighted by molar-refractivity contribution is 5.91. The summed E-state index contributed by atoms with van der Waals surface area (Å²) in [5.41, 5.74) is 5.38. The Labute approximate surface area is 191 Å². The van der Waals surface area contributed by atoms with Gasteiger partial charge in [0.2, 0.25) is 17.7 Å². The number of hydrogen-bond acceptors (Lipinski definition) is 5. The minimum absolute atomic E-state index is 0.00156. The van der Waals surface area contributed by atoms with Crippen LogP contribution in [-0.4, -0.2) is 84.2 Å². The molecule has 5 atom stereocenters. The first-order valence-corrected chi connectivity index (χ1v) is 11.0. The fourth-order valence-corrected chi connectivity index (χ4v) is 3.94. The number of nitrogens with one attached hydrogen (secondary N) is 1. The number of ether oxygens (including phenoxy) is 1. The van der Waals surface area contributed by atoms with E-state index in [4.69, 9.17) is 10.5 Å². The SMILES string of the molecule is CC[C@H](C)[C@@H]([C@@H](CC(N)=O)OC)N(C)C(=O)[C@H](NC(=O)[C@H](C(C)C)N(C)C(=O)O)C(C)C. The average molecular weight is 459 g/mol. The normalized spacial score (nSPS) is 16.1. The number of hydrogen-bond donors (Lipinski definition) is 3. The van der Waals surface area contributed by atoms with Gasteiger partial charge in [-0.05, 0) is 17.8 Å². The van der Waals surface area contributed by atoms with E-state index in [1.807, 2.05) is 13.8 Å². The van der Waals surface area contributed by atoms with Gasteiger partial charge in [0.1, 0.15) is 12.1 Å². The molecule has 0 rings (SSSR count). The third-order valence-electron chi connectivity index (χ3n) is 5.96. The molecule has 0 aromatic carbocycles. The van der Waals surface area contributed by atoms with Crippen molar-refractivity contribution in [3.05, 3.63) is 0 Å². The van der Waals surface area contributed by atoms with Gasteiger partial charge in [0.05, 0.1) is 18.6 Å². The second kappa shape index (κ2) is 13.2. The number of carbonyl (C=O) groups is 4. The molecular formula is C22H42N4O6. The Morgan fingerprint density at radius 2 is 1.53 bits per heavy atom. The maximum atomic E-state index is 13.5. The van der Waals surface area contributed by atoms with Gasteiger partial charge in [-0.2, -0.15) is 0 Å². The van der Waals surface area contributed by atoms with E-state index in [0.29, 0.717) is 0 Å². The quantitative estimate of drug-likeness (QED) is 0.382. The molecule has 32 heavy (non-hydrogen) atoms. The first-order valence-electron chi connectivity index (χ1n) is 11.0. The maximum Gasteiger partial charge on any atom is 0.407 e. The van der Waals surface area contributed by atoms with Gasteiger partial charge in [-0.25, -0.2) is 4.79 Å². The van der Waals surface area contributed by atoms with Crippen molar-refractivity contribution in [2.45, 2.75) is 78.6 Å². The number of rotatable bonds is 13. The van der Waals surface area contributed by atoms with Gasteiger partial charge in [0, 0.05) is 21.2 Å². The fourth-order valence-electron chi connectivity index (χ4n) is 3.94. The zero-order valence-corrected chi connectivity index (χ0v) is 20.9. The molecule has 10 heteroatoms. The number of amides is 4. The lowest BCUT2D eigenvalue weighted by Gasteiger charge is -2.40. The molecule has 0 saturated heterocycles. The summed E-state index contributed by atoms with van der Waals surface area (Å²) in [4.78, 5) is 51.9. The van der Waals surface area contributed by atoms with Gasteiger partial charge in [-0.1, -0.05) is 48.0 Å². The Balaban J connectivity index is 5.93. The Morgan fingerprint density at radius 1 is 1.00 bits per heavy atom. The topological polar surface area (TPSA) is 142 Å². The molecule has 0 aromatic heterocycles. The van der Waals surface area contributed by atoms with Crippen LogP contribution in [0.5, 0.6) is 0 Å². The van der Waals surface area contributed by atoms with E-state index in [-0.39, 0.29) is 30.1 Å². The Hall–Kier alpha value is -2.36. The summed E-state index contributed by atoms with van der Waals surface area (Å²) in [6.45, 7) is 11.0. The van der Waals surface area contributed by atoms with Crippen molar-refractivity contribution in [1.29, 1.82) is 0 Å². The zero-order chi connectivity index (χ0) is 25.3. The smallest absolute Gasteiger partial charge is 0.407 e. The van der Waals surface area contributed by atoms with E-state index in [2.05, 4.69) is 5.32 Å². The number of nitrogens with zero attached hydrogens (tertiary/aromatic N) is 2. The van der Waals surface area contributed by atoms with E-state index in [1.54, 1.807) is 34.7 Å². The molecule has 4 amide bonds. The zero-order valence-electron chi connectivity index (χ0n) is 20.9. The first kappa shape index (κ1) is 29.6. The molecule has 0 heterocycles. The van der Waals surface area contributed by atoms with E-state index in [0.717, 1.165) is 11.3 Å². The average Bonchev–Trinajstić information content (AvgIpc) is 2.69. The minimum atomic E-state index is -1.23. The predicted molar refractivity (Wildman–Crippen MR) is 122 cm³/mol. The van der Waals surface area contributed by atoms with Gasteiger partial charge < -0.3 is 25.8 Å². The Morgan fingerprint density at radius 3 is 1.88 bits per heavy atom. The molecule has 0 radical (unpaired) electrons. The molecule has 0 aliphatic heterocycles. The fraction of sp³-hybridized carbons (Fsp3) is 0.818. The summed E-state index contributed by atoms with van der Waals surface area (Å²) in [5, 5.41) is 12.1. The number of primary amides is 1. The van der Waals surface area contributed by atoms with E-state index in [1.165, 1.54) is 19.1 Å². The Bertz CT molecular complexity index is 654. The molecule has 0 bridgehead atoms. The van der Waals surface area contributed by atoms with Crippen LogP contribution >= 0.6 is 0 Å². The van der Waals surface area contributed by atoms with Gasteiger partial charge in [0.25, 0.3) is 0 Å². The third kappa shape index (κ3) is 7.96. The summed E-state index contributed by atoms with van der Waals surface area (Å²) < 4.78 is 5.51. The molecule has 0 aliphatic carbocycles. The van der Waals surface area contributed by atoms with Crippen LogP contribution in [0.1, 0.15) is 54.4 Å². The van der Waals surface area contributed by atoms with Crippen molar-refractivity contribution in [3.63, 3.8) is 0 Å². The third-order valence-corrected chi connectivity index (χ3v) is 5.96. The van der Waals surface area contributed by atoms with Crippen molar-refractivity contribution in [3.8, 4) is 0 Å². The molecule has 0 aromatic rings. The summed E-state index contributed by atoms with van der Waals surface area (Å²) in [5.74, 6) is -1.96. The lowest BCUT2D eigenvalue weighted by Crippen LogP contribution is -2.60. The van der Waals surface area contributed by atoms with Crippen molar-refractivity contribution < 1.29 is 29.0 Å². The van der Waals surface area contributed by atoms with Gasteiger partial charge >= 0.3 is 6.09 Å². The summed E-state index contributed by atoms with van der Waals surface area (Å²) in [6.07, 6.45) is -1.13. The second-order valence-corrected chi connectivity index (χ2v) is 9.08. The molecule has 186 valence electrons. The monoisotopic (exact) mass is 458 g/mol. The van der Waals surface area contributed by atoms with Crippen molar-refractivity contribution >= 4 is 23.8 Å². The van der Waals surface area contributed by atoms with Crippen LogP contribution in [0.4, 0.5) is 4.79 Å². The number of likely N-dealkylation sites (N-methyl/N-ethyl adjacent to an activating group) is 2. The van der Waals surface area contributed by atoms with Crippen LogP contribution in [0.25, 0.3) is 0 Å². The van der Waals surface area contributed by atoms with Crippen LogP contribution in [0.3, 0.4) is 0 Å². The number of carboxylic acid groups (broad SMARTS) is 1. The highest BCUT2D eigenvalue weighted by Gasteiger charge is 2.39. The number of methoxy groups -OCH3 is 1. The summed E-state index contributed by atoms with van der Waals surface area (Å²) >= 11 is 0. The largest absolute Gasteiger partial charge is 0.465 e. The molecule has 0 unspecified atom stereocenters. The lowest BCUT2D eigenvalue weighted by molar-refractivity contribution is -0.144. The van der Waals surface area contributed by atoms with E-state index >= 15 is 0 Å². The van der Waals surface area contributed by atoms with Gasteiger partial charge in [-0.15, -0.1) is 0 Å². The number of nitrogens with two attached hydrogens (primary N) is 1. The van der Waals surface area contributed by atoms with Gasteiger partial charge in [0.15, 0.2) is 0 Å². The van der Waals surface area contributed by atoms with Gasteiger partial charge in [-0.3, -0.25) is 19.3 Å². The number of carbonyl (C=O) groups excluding carboxylic acids is 3. The minimum Gasteiger partial charge on any atom is -0.465 e. The van der Waals surface area contributed by atoms with Crippen LogP contribution in [0, 0.1) is 17.8 Å². The lowest BCUT2D eigenvalue weighted by atomic mass is 9.89. The molecule has 0 saturated carbocycles. The van der Waals surface area contributed by atoms with Crippen LogP contribution < -0.4 is 11.1 Å². The first-order chi connectivity index (χ1) is 14.7. The highest BCUT2D eigenvalue weighted by atomic mass is 16.5. The molecular weight excluding hydrogens is 416 g/mol. The van der Waals surface area contributed by atoms with Crippen LogP contribution in [0.15, 0.2) is 0 Å². The van der Waals surface area contributed by atoms with Crippen LogP contribution in [-0.2, 0) is 19.1 Å². The molecule has 0 spiro atoms. The van der Waals surface area contributed by atoms with Crippen molar-refractivity contribution in [1.82, 2.24) is 15.1 Å². The maximum absolute atomic E-state index is 13.5.